The number of hydrogen-bond acceptors (Lipinski definition) is 4. The predicted octanol–water partition coefficient (Wildman–Crippen LogP) is 2.95. The molecule has 0 spiro atoms. The van der Waals surface area contributed by atoms with E-state index in [9.17, 15) is 14.4 Å². The Bertz CT molecular complexity index is 712. The number of ether oxygens (including phenoxy) is 1. The summed E-state index contributed by atoms with van der Waals surface area (Å²) < 4.78 is 5.36. The van der Waals surface area contributed by atoms with Crippen LogP contribution in [-0.2, 0) is 9.59 Å². The summed E-state index contributed by atoms with van der Waals surface area (Å²) in [5, 5.41) is 14.7. The van der Waals surface area contributed by atoms with Gasteiger partial charge in [-0.3, -0.25) is 14.4 Å². The Labute approximate surface area is 158 Å². The van der Waals surface area contributed by atoms with Crippen molar-refractivity contribution in [3.63, 3.8) is 0 Å². The summed E-state index contributed by atoms with van der Waals surface area (Å²) in [6, 6.07) is 4.74. The summed E-state index contributed by atoms with van der Waals surface area (Å²) in [5.41, 5.74) is 0.987. The maximum atomic E-state index is 12.7. The van der Waals surface area contributed by atoms with Crippen LogP contribution in [0.15, 0.2) is 18.2 Å². The van der Waals surface area contributed by atoms with E-state index in [0.717, 1.165) is 19.3 Å². The third-order valence-electron chi connectivity index (χ3n) is 5.26. The van der Waals surface area contributed by atoms with Crippen LogP contribution in [0.5, 0.6) is 5.75 Å². The van der Waals surface area contributed by atoms with E-state index in [2.05, 4.69) is 10.6 Å². The molecule has 1 atom stereocenters. The van der Waals surface area contributed by atoms with Gasteiger partial charge >= 0.3 is 5.97 Å². The summed E-state index contributed by atoms with van der Waals surface area (Å²) in [6.07, 6.45) is 7.24. The summed E-state index contributed by atoms with van der Waals surface area (Å²) in [5.74, 6) is -0.308. The minimum Gasteiger partial charge on any atom is -0.482 e. The van der Waals surface area contributed by atoms with Gasteiger partial charge in [0, 0.05) is 18.0 Å². The highest BCUT2D eigenvalue weighted by Crippen LogP contribution is 2.30. The fourth-order valence-electron chi connectivity index (χ4n) is 3.86. The maximum absolute atomic E-state index is 12.7. The van der Waals surface area contributed by atoms with E-state index < -0.39 is 5.97 Å². The van der Waals surface area contributed by atoms with Gasteiger partial charge in [-0.1, -0.05) is 32.1 Å². The summed E-state index contributed by atoms with van der Waals surface area (Å²) in [6.45, 7) is -0.0685. The molecule has 7 heteroatoms. The zero-order chi connectivity index (χ0) is 19.2. The predicted molar refractivity (Wildman–Crippen MR) is 99.9 cm³/mol. The summed E-state index contributed by atoms with van der Waals surface area (Å²) in [4.78, 5) is 35.0. The first kappa shape index (κ1) is 19.2. The number of fused-ring (bicyclic) bond motifs is 1. The molecule has 2 aliphatic rings. The Hall–Kier alpha value is -2.57. The van der Waals surface area contributed by atoms with Gasteiger partial charge in [-0.25, -0.2) is 0 Å². The Kier molecular flexibility index (Phi) is 6.32. The van der Waals surface area contributed by atoms with Crippen LogP contribution in [0.4, 0.5) is 5.69 Å². The molecule has 0 saturated heterocycles. The van der Waals surface area contributed by atoms with Crippen LogP contribution in [0.25, 0.3) is 0 Å². The maximum Gasteiger partial charge on any atom is 0.303 e. The number of carboxylic acid groups (broad SMARTS) is 1. The quantitative estimate of drug-likeness (QED) is 0.681. The molecule has 7 nitrogen and oxygen atoms in total. The lowest BCUT2D eigenvalue weighted by Crippen LogP contribution is -2.37. The summed E-state index contributed by atoms with van der Waals surface area (Å²) in [7, 11) is 0. The molecule has 1 aliphatic carbocycles. The largest absolute Gasteiger partial charge is 0.482 e. The molecule has 1 unspecified atom stereocenters. The number of benzene rings is 1. The first-order valence-electron chi connectivity index (χ1n) is 9.60. The van der Waals surface area contributed by atoms with Gasteiger partial charge in [-0.2, -0.15) is 0 Å². The van der Waals surface area contributed by atoms with Crippen LogP contribution < -0.4 is 15.4 Å². The molecule has 1 aliphatic heterocycles. The fraction of sp³-hybridized carbons (Fsp3) is 0.550. The molecule has 1 aromatic carbocycles. The van der Waals surface area contributed by atoms with Gasteiger partial charge in [-0.15, -0.1) is 0 Å². The number of amides is 2. The molecule has 0 radical (unpaired) electrons. The monoisotopic (exact) mass is 374 g/mol. The van der Waals surface area contributed by atoms with Gasteiger partial charge in [-0.05, 0) is 37.0 Å². The number of hydrogen-bond donors (Lipinski definition) is 3. The van der Waals surface area contributed by atoms with Crippen molar-refractivity contribution in [1.29, 1.82) is 0 Å². The van der Waals surface area contributed by atoms with Crippen molar-refractivity contribution in [2.24, 2.45) is 5.92 Å². The second-order valence-electron chi connectivity index (χ2n) is 7.39. The van der Waals surface area contributed by atoms with Gasteiger partial charge in [0.15, 0.2) is 6.61 Å². The van der Waals surface area contributed by atoms with Crippen molar-refractivity contribution in [2.75, 3.05) is 11.9 Å². The third-order valence-corrected chi connectivity index (χ3v) is 5.26. The van der Waals surface area contributed by atoms with Gasteiger partial charge in [0.2, 0.25) is 0 Å². The van der Waals surface area contributed by atoms with E-state index in [-0.39, 0.29) is 30.9 Å². The van der Waals surface area contributed by atoms with Gasteiger partial charge < -0.3 is 20.5 Å². The number of nitrogens with one attached hydrogen (secondary N) is 2. The molecule has 0 bridgehead atoms. The van der Waals surface area contributed by atoms with E-state index in [1.165, 1.54) is 19.3 Å². The van der Waals surface area contributed by atoms with Crippen molar-refractivity contribution in [3.8, 4) is 5.75 Å². The molecule has 1 heterocycles. The molecule has 1 saturated carbocycles. The van der Waals surface area contributed by atoms with Crippen LogP contribution in [0.1, 0.15) is 61.7 Å². The second-order valence-corrected chi connectivity index (χ2v) is 7.39. The molecule has 3 rings (SSSR count). The van der Waals surface area contributed by atoms with E-state index in [4.69, 9.17) is 9.84 Å². The van der Waals surface area contributed by atoms with Crippen molar-refractivity contribution < 1.29 is 24.2 Å². The molecule has 2 amide bonds. The molecular weight excluding hydrogens is 348 g/mol. The smallest absolute Gasteiger partial charge is 0.303 e. The number of aliphatic carboxylic acids is 1. The van der Waals surface area contributed by atoms with Crippen molar-refractivity contribution in [3.05, 3.63) is 23.8 Å². The molecule has 27 heavy (non-hydrogen) atoms. The molecule has 0 aromatic heterocycles. The van der Waals surface area contributed by atoms with E-state index >= 15 is 0 Å². The number of anilines is 1. The van der Waals surface area contributed by atoms with Crippen molar-refractivity contribution in [1.82, 2.24) is 5.32 Å². The first-order valence-corrected chi connectivity index (χ1v) is 9.60. The van der Waals surface area contributed by atoms with Crippen LogP contribution in [0, 0.1) is 5.92 Å². The van der Waals surface area contributed by atoms with E-state index in [1.54, 1.807) is 18.2 Å². The molecular formula is C20H26N2O5. The van der Waals surface area contributed by atoms with Crippen LogP contribution in [0.2, 0.25) is 0 Å². The van der Waals surface area contributed by atoms with Gasteiger partial charge in [0.1, 0.15) is 5.75 Å². The Morgan fingerprint density at radius 3 is 2.78 bits per heavy atom. The highest BCUT2D eigenvalue weighted by Gasteiger charge is 2.23. The minimum atomic E-state index is -0.851. The minimum absolute atomic E-state index is 0.0387. The average Bonchev–Trinajstić information content (AvgIpc) is 2.66. The molecule has 1 aromatic rings. The lowest BCUT2D eigenvalue weighted by molar-refractivity contribution is -0.137. The summed E-state index contributed by atoms with van der Waals surface area (Å²) >= 11 is 0. The zero-order valence-corrected chi connectivity index (χ0v) is 15.3. The Balaban J connectivity index is 1.65. The van der Waals surface area contributed by atoms with E-state index in [0.29, 0.717) is 29.3 Å². The van der Waals surface area contributed by atoms with Crippen LogP contribution >= 0.6 is 0 Å². The molecule has 146 valence electrons. The highest BCUT2D eigenvalue weighted by atomic mass is 16.5. The van der Waals surface area contributed by atoms with Gasteiger partial charge in [0.05, 0.1) is 5.69 Å². The second kappa shape index (κ2) is 8.88. The number of rotatable bonds is 7. The SMILES string of the molecule is O=C(O)CCC(CC1CCCCC1)NC(=O)c1ccc2c(c1)OCC(=O)N2. The number of carbonyl (C=O) groups excluding carboxylic acids is 2. The lowest BCUT2D eigenvalue weighted by atomic mass is 9.84. The number of carboxylic acids is 1. The number of carbonyl (C=O) groups is 3. The van der Waals surface area contributed by atoms with E-state index in [1.807, 2.05) is 0 Å². The highest BCUT2D eigenvalue weighted by molar-refractivity contribution is 5.99. The normalized spacial score (nSPS) is 18.0. The Morgan fingerprint density at radius 2 is 2.04 bits per heavy atom. The van der Waals surface area contributed by atoms with Crippen LogP contribution in [0.3, 0.4) is 0 Å². The zero-order valence-electron chi connectivity index (χ0n) is 15.3. The molecule has 1 fully saturated rings. The van der Waals surface area contributed by atoms with Crippen molar-refractivity contribution >= 4 is 23.5 Å². The van der Waals surface area contributed by atoms with Crippen molar-refractivity contribution in [2.45, 2.75) is 57.4 Å². The Morgan fingerprint density at radius 1 is 1.26 bits per heavy atom. The lowest BCUT2D eigenvalue weighted by Gasteiger charge is -2.27. The molecule has 3 N–H and O–H groups in total. The van der Waals surface area contributed by atoms with Crippen LogP contribution in [-0.4, -0.2) is 35.5 Å². The topological polar surface area (TPSA) is 105 Å². The standard InChI is InChI=1S/C20H26N2O5/c23-18-12-27-17-11-14(6-8-16(17)22-18)20(26)21-15(7-9-19(24)25)10-13-4-2-1-3-5-13/h6,8,11,13,15H,1-5,7,9-10,12H2,(H,21,26)(H,22,23)(H,24,25). The third kappa shape index (κ3) is 5.45. The fourth-order valence-corrected chi connectivity index (χ4v) is 3.86. The first-order chi connectivity index (χ1) is 13.0. The average molecular weight is 374 g/mol. The van der Waals surface area contributed by atoms with Gasteiger partial charge in [0.25, 0.3) is 11.8 Å².